The van der Waals surface area contributed by atoms with E-state index in [1.54, 1.807) is 14.2 Å². The molecule has 1 aliphatic carbocycles. The lowest BCUT2D eigenvalue weighted by Gasteiger charge is -2.31. The number of hydrogen-bond donors (Lipinski definition) is 2. The van der Waals surface area contributed by atoms with Crippen molar-refractivity contribution in [2.24, 2.45) is 10.4 Å². The first-order valence-electron chi connectivity index (χ1n) is 10.3. The Balaban J connectivity index is 1.95. The van der Waals surface area contributed by atoms with Gasteiger partial charge in [-0.25, -0.2) is 0 Å². The Hall–Kier alpha value is -1.79. The number of hydrogen-bond acceptors (Lipinski definition) is 4. The molecular weight excluding hydrogens is 352 g/mol. The normalized spacial score (nSPS) is 17.6. The summed E-state index contributed by atoms with van der Waals surface area (Å²) < 4.78 is 10.7. The van der Waals surface area contributed by atoms with Crippen LogP contribution in [0, 0.1) is 5.41 Å². The molecule has 6 nitrogen and oxygen atoms in total. The van der Waals surface area contributed by atoms with Crippen LogP contribution in [-0.4, -0.2) is 65.9 Å². The van der Waals surface area contributed by atoms with Gasteiger partial charge in [0, 0.05) is 33.9 Å². The van der Waals surface area contributed by atoms with E-state index in [1.165, 1.54) is 31.2 Å². The number of aliphatic imine (C=N–C) groups is 1. The van der Waals surface area contributed by atoms with Crippen molar-refractivity contribution in [1.82, 2.24) is 15.5 Å². The average molecular weight is 391 g/mol. The number of rotatable bonds is 10. The van der Waals surface area contributed by atoms with Crippen LogP contribution in [0.15, 0.2) is 29.3 Å². The second-order valence-corrected chi connectivity index (χ2v) is 8.01. The number of nitrogens with one attached hydrogen (secondary N) is 2. The topological polar surface area (TPSA) is 58.1 Å². The van der Waals surface area contributed by atoms with Gasteiger partial charge in [-0.05, 0) is 56.5 Å². The molecule has 1 atom stereocenters. The van der Waals surface area contributed by atoms with Gasteiger partial charge in [-0.2, -0.15) is 0 Å². The van der Waals surface area contributed by atoms with Crippen LogP contribution in [0.3, 0.4) is 0 Å². The minimum atomic E-state index is 0.225. The highest BCUT2D eigenvalue weighted by atomic mass is 16.5. The van der Waals surface area contributed by atoms with Crippen molar-refractivity contribution in [2.75, 3.05) is 55.1 Å². The molecule has 0 aliphatic heterocycles. The van der Waals surface area contributed by atoms with E-state index in [0.29, 0.717) is 5.41 Å². The van der Waals surface area contributed by atoms with Gasteiger partial charge < -0.3 is 25.0 Å². The van der Waals surface area contributed by atoms with Crippen LogP contribution in [-0.2, 0) is 4.74 Å². The van der Waals surface area contributed by atoms with Crippen molar-refractivity contribution >= 4 is 5.96 Å². The van der Waals surface area contributed by atoms with Gasteiger partial charge in [0.25, 0.3) is 0 Å². The van der Waals surface area contributed by atoms with Crippen molar-refractivity contribution in [3.63, 3.8) is 0 Å². The molecule has 6 heteroatoms. The fraction of sp³-hybridized carbons (Fsp3) is 0.682. The second-order valence-electron chi connectivity index (χ2n) is 8.01. The maximum absolute atomic E-state index is 5.39. The molecule has 0 aromatic heterocycles. The van der Waals surface area contributed by atoms with Crippen LogP contribution in [0.1, 0.15) is 43.7 Å². The molecule has 1 fully saturated rings. The minimum Gasteiger partial charge on any atom is -0.497 e. The Morgan fingerprint density at radius 1 is 1.21 bits per heavy atom. The molecular formula is C22H38N4O2. The standard InChI is InChI=1S/C22H38N4O2/c1-23-21(25-17-22(13-14-27-4)11-6-7-12-22)24-16-20(26(2)3)18-9-8-10-19(15-18)28-5/h8-10,15,20H,6-7,11-14,16-17H2,1-5H3,(H2,23,24,25). The van der Waals surface area contributed by atoms with Gasteiger partial charge >= 0.3 is 0 Å². The zero-order valence-electron chi connectivity index (χ0n) is 18.3. The van der Waals surface area contributed by atoms with Crippen LogP contribution < -0.4 is 15.4 Å². The number of ether oxygens (including phenoxy) is 2. The van der Waals surface area contributed by atoms with E-state index in [9.17, 15) is 0 Å². The third-order valence-electron chi connectivity index (χ3n) is 5.92. The van der Waals surface area contributed by atoms with Crippen LogP contribution in [0.2, 0.25) is 0 Å². The van der Waals surface area contributed by atoms with Crippen LogP contribution in [0.5, 0.6) is 5.75 Å². The molecule has 1 aromatic rings. The maximum atomic E-state index is 5.39. The molecule has 0 heterocycles. The molecule has 1 aromatic carbocycles. The molecule has 2 N–H and O–H groups in total. The molecule has 0 bridgehead atoms. The summed E-state index contributed by atoms with van der Waals surface area (Å²) in [6.07, 6.45) is 6.28. The smallest absolute Gasteiger partial charge is 0.191 e. The SMILES string of the molecule is CN=C(NCC(c1cccc(OC)c1)N(C)C)NCC1(CCOC)CCCC1. The predicted molar refractivity (Wildman–Crippen MR) is 116 cm³/mol. The Labute approximate surface area is 170 Å². The molecule has 0 amide bonds. The molecule has 158 valence electrons. The largest absolute Gasteiger partial charge is 0.497 e. The van der Waals surface area contributed by atoms with Gasteiger partial charge in [0.15, 0.2) is 5.96 Å². The van der Waals surface area contributed by atoms with E-state index in [-0.39, 0.29) is 6.04 Å². The Morgan fingerprint density at radius 3 is 2.57 bits per heavy atom. The molecule has 1 saturated carbocycles. The summed E-state index contributed by atoms with van der Waals surface area (Å²) in [5.74, 6) is 1.74. The lowest BCUT2D eigenvalue weighted by atomic mass is 9.83. The van der Waals surface area contributed by atoms with Crippen molar-refractivity contribution in [3.8, 4) is 5.75 Å². The number of methoxy groups -OCH3 is 2. The molecule has 28 heavy (non-hydrogen) atoms. The first-order valence-corrected chi connectivity index (χ1v) is 10.3. The van der Waals surface area contributed by atoms with E-state index in [4.69, 9.17) is 9.47 Å². The molecule has 0 saturated heterocycles. The summed E-state index contributed by atoms with van der Waals surface area (Å²) in [4.78, 5) is 6.65. The first-order chi connectivity index (χ1) is 13.5. The zero-order chi connectivity index (χ0) is 20.4. The van der Waals surface area contributed by atoms with Gasteiger partial charge in [0.2, 0.25) is 0 Å². The van der Waals surface area contributed by atoms with Gasteiger partial charge in [-0.1, -0.05) is 25.0 Å². The average Bonchev–Trinajstić information content (AvgIpc) is 3.18. The molecule has 2 rings (SSSR count). The van der Waals surface area contributed by atoms with Crippen molar-refractivity contribution < 1.29 is 9.47 Å². The molecule has 0 radical (unpaired) electrons. The van der Waals surface area contributed by atoms with Gasteiger partial charge in [0.05, 0.1) is 13.2 Å². The van der Waals surface area contributed by atoms with Gasteiger partial charge in [0.1, 0.15) is 5.75 Å². The van der Waals surface area contributed by atoms with E-state index < -0.39 is 0 Å². The minimum absolute atomic E-state index is 0.225. The van der Waals surface area contributed by atoms with Crippen LogP contribution in [0.4, 0.5) is 0 Å². The fourth-order valence-corrected chi connectivity index (χ4v) is 4.09. The summed E-state index contributed by atoms with van der Waals surface area (Å²) in [6.45, 7) is 2.54. The maximum Gasteiger partial charge on any atom is 0.191 e. The Kier molecular flexibility index (Phi) is 9.06. The highest BCUT2D eigenvalue weighted by Gasteiger charge is 2.33. The van der Waals surface area contributed by atoms with Gasteiger partial charge in [-0.3, -0.25) is 4.99 Å². The number of guanidine groups is 1. The third-order valence-corrected chi connectivity index (χ3v) is 5.92. The van der Waals surface area contributed by atoms with E-state index in [2.05, 4.69) is 46.8 Å². The number of nitrogens with zero attached hydrogens (tertiary/aromatic N) is 2. The molecule has 1 aliphatic rings. The van der Waals surface area contributed by atoms with Crippen LogP contribution >= 0.6 is 0 Å². The van der Waals surface area contributed by atoms with Crippen molar-refractivity contribution in [1.29, 1.82) is 0 Å². The summed E-state index contributed by atoms with van der Waals surface area (Å²) >= 11 is 0. The lowest BCUT2D eigenvalue weighted by Crippen LogP contribution is -2.45. The summed E-state index contributed by atoms with van der Waals surface area (Å²) in [6, 6.07) is 8.48. The summed E-state index contributed by atoms with van der Waals surface area (Å²) in [5, 5.41) is 7.08. The monoisotopic (exact) mass is 390 g/mol. The number of benzene rings is 1. The highest BCUT2D eigenvalue weighted by molar-refractivity contribution is 5.79. The van der Waals surface area contributed by atoms with Gasteiger partial charge in [-0.15, -0.1) is 0 Å². The van der Waals surface area contributed by atoms with Crippen LogP contribution in [0.25, 0.3) is 0 Å². The predicted octanol–water partition coefficient (Wildman–Crippen LogP) is 3.06. The second kappa shape index (κ2) is 11.3. The molecule has 1 unspecified atom stereocenters. The fourth-order valence-electron chi connectivity index (χ4n) is 4.09. The van der Waals surface area contributed by atoms with E-state index in [1.807, 2.05) is 19.2 Å². The summed E-state index contributed by atoms with van der Waals surface area (Å²) in [5.41, 5.74) is 1.56. The van der Waals surface area contributed by atoms with E-state index in [0.717, 1.165) is 37.8 Å². The van der Waals surface area contributed by atoms with Crippen molar-refractivity contribution in [2.45, 2.75) is 38.1 Å². The first kappa shape index (κ1) is 22.5. The zero-order valence-corrected chi connectivity index (χ0v) is 18.3. The molecule has 0 spiro atoms. The third kappa shape index (κ3) is 6.38. The van der Waals surface area contributed by atoms with E-state index >= 15 is 0 Å². The quantitative estimate of drug-likeness (QED) is 0.475. The van der Waals surface area contributed by atoms with Crippen molar-refractivity contribution in [3.05, 3.63) is 29.8 Å². The highest BCUT2D eigenvalue weighted by Crippen LogP contribution is 2.40. The Morgan fingerprint density at radius 2 is 1.96 bits per heavy atom. The number of likely N-dealkylation sites (N-methyl/N-ethyl adjacent to an activating group) is 1. The lowest BCUT2D eigenvalue weighted by molar-refractivity contribution is 0.138. The Bertz CT molecular complexity index is 612. The summed E-state index contributed by atoms with van der Waals surface area (Å²) in [7, 11) is 9.52.